The van der Waals surface area contributed by atoms with Crippen molar-refractivity contribution in [3.05, 3.63) is 17.7 Å². The first kappa shape index (κ1) is 20.1. The fourth-order valence-corrected chi connectivity index (χ4v) is 3.04. The SMILES string of the molecule is COc1cc([C@H]2O[C@H]2CO)cc(OC)c1O[C@H]1O[C@@H](CO)[C@H](O)[C@@H](O)[C@@H]1O. The maximum Gasteiger partial charge on any atom is 0.229 e. The summed E-state index contributed by atoms with van der Waals surface area (Å²) in [7, 11) is 2.83. The van der Waals surface area contributed by atoms with Crippen molar-refractivity contribution in [2.24, 2.45) is 0 Å². The van der Waals surface area contributed by atoms with Gasteiger partial charge in [-0.05, 0) is 17.7 Å². The molecule has 2 aliphatic heterocycles. The first-order chi connectivity index (χ1) is 12.9. The summed E-state index contributed by atoms with van der Waals surface area (Å²) in [4.78, 5) is 0. The molecule has 2 aliphatic rings. The zero-order valence-corrected chi connectivity index (χ0v) is 14.9. The third kappa shape index (κ3) is 3.83. The molecule has 2 saturated heterocycles. The van der Waals surface area contributed by atoms with Gasteiger partial charge in [0.25, 0.3) is 0 Å². The van der Waals surface area contributed by atoms with Crippen LogP contribution in [0.15, 0.2) is 12.1 Å². The van der Waals surface area contributed by atoms with Crippen LogP contribution in [0.2, 0.25) is 0 Å². The van der Waals surface area contributed by atoms with E-state index in [2.05, 4.69) is 0 Å². The van der Waals surface area contributed by atoms with Crippen molar-refractivity contribution < 1.29 is 49.2 Å². The molecule has 0 saturated carbocycles. The molecule has 0 spiro atoms. The zero-order valence-electron chi connectivity index (χ0n) is 14.9. The van der Waals surface area contributed by atoms with E-state index in [1.54, 1.807) is 12.1 Å². The Balaban J connectivity index is 1.87. The number of benzene rings is 1. The van der Waals surface area contributed by atoms with Crippen LogP contribution in [0.1, 0.15) is 11.7 Å². The third-order valence-corrected chi connectivity index (χ3v) is 4.66. The Morgan fingerprint density at radius 1 is 0.852 bits per heavy atom. The molecule has 2 fully saturated rings. The highest BCUT2D eigenvalue weighted by atomic mass is 16.7. The Morgan fingerprint density at radius 2 is 1.44 bits per heavy atom. The molecule has 0 aliphatic carbocycles. The predicted octanol–water partition coefficient (Wildman–Crippen LogP) is -1.69. The molecule has 0 aromatic heterocycles. The largest absolute Gasteiger partial charge is 0.493 e. The summed E-state index contributed by atoms with van der Waals surface area (Å²) in [6.45, 7) is -0.683. The van der Waals surface area contributed by atoms with Crippen LogP contribution in [0.3, 0.4) is 0 Å². The summed E-state index contributed by atoms with van der Waals surface area (Å²) in [5, 5.41) is 48.4. The molecule has 1 aromatic carbocycles. The molecule has 0 radical (unpaired) electrons. The normalized spacial score (nSPS) is 35.6. The van der Waals surface area contributed by atoms with Crippen LogP contribution in [0.4, 0.5) is 0 Å². The van der Waals surface area contributed by atoms with Gasteiger partial charge in [-0.2, -0.15) is 0 Å². The molecule has 152 valence electrons. The Hall–Kier alpha value is -1.66. The van der Waals surface area contributed by atoms with E-state index in [1.807, 2.05) is 0 Å². The van der Waals surface area contributed by atoms with Crippen molar-refractivity contribution in [3.63, 3.8) is 0 Å². The van der Waals surface area contributed by atoms with E-state index in [0.29, 0.717) is 5.56 Å². The summed E-state index contributed by atoms with van der Waals surface area (Å²) >= 11 is 0. The molecule has 7 atom stereocenters. The van der Waals surface area contributed by atoms with E-state index in [4.69, 9.17) is 28.8 Å². The Labute approximate surface area is 155 Å². The van der Waals surface area contributed by atoms with Crippen LogP contribution in [-0.4, -0.2) is 89.8 Å². The van der Waals surface area contributed by atoms with Gasteiger partial charge in [0.15, 0.2) is 11.5 Å². The van der Waals surface area contributed by atoms with Gasteiger partial charge in [-0.1, -0.05) is 0 Å². The topological polar surface area (TPSA) is 151 Å². The fraction of sp³-hybridized carbons (Fsp3) is 0.647. The van der Waals surface area contributed by atoms with Gasteiger partial charge in [0.1, 0.15) is 36.6 Å². The van der Waals surface area contributed by atoms with Gasteiger partial charge in [0.05, 0.1) is 27.4 Å². The van der Waals surface area contributed by atoms with Gasteiger partial charge in [0.2, 0.25) is 12.0 Å². The van der Waals surface area contributed by atoms with Crippen molar-refractivity contribution in [2.45, 2.75) is 42.9 Å². The standard InChI is InChI=1S/C17H24O10/c1-23-8-3-7(15-11(6-19)25-15)4-9(24-2)16(8)27-17-14(22)13(21)12(20)10(5-18)26-17/h3-4,10-15,17-22H,5-6H2,1-2H3/t10-,11-,12-,13+,14-,15+,17+/m0/s1. The molecule has 0 bridgehead atoms. The summed E-state index contributed by atoms with van der Waals surface area (Å²) in [6.07, 6.45) is -7.69. The van der Waals surface area contributed by atoms with Crippen LogP contribution >= 0.6 is 0 Å². The van der Waals surface area contributed by atoms with Crippen LogP contribution in [0, 0.1) is 0 Å². The van der Waals surface area contributed by atoms with E-state index in [-0.39, 0.29) is 36.1 Å². The second-order valence-corrected chi connectivity index (χ2v) is 6.35. The predicted molar refractivity (Wildman–Crippen MR) is 88.6 cm³/mol. The lowest BCUT2D eigenvalue weighted by molar-refractivity contribution is -0.277. The highest BCUT2D eigenvalue weighted by Crippen LogP contribution is 2.46. The maximum atomic E-state index is 10.2. The van der Waals surface area contributed by atoms with Crippen LogP contribution in [0.25, 0.3) is 0 Å². The number of methoxy groups -OCH3 is 2. The summed E-state index contributed by atoms with van der Waals surface area (Å²) in [6, 6.07) is 3.28. The Kier molecular flexibility index (Phi) is 6.06. The number of epoxide rings is 1. The highest BCUT2D eigenvalue weighted by Gasteiger charge is 2.45. The second kappa shape index (κ2) is 8.15. The van der Waals surface area contributed by atoms with Gasteiger partial charge in [-0.15, -0.1) is 0 Å². The number of ether oxygens (including phenoxy) is 5. The van der Waals surface area contributed by atoms with Gasteiger partial charge >= 0.3 is 0 Å². The van der Waals surface area contributed by atoms with Gasteiger partial charge < -0.3 is 49.2 Å². The number of aliphatic hydroxyl groups is 5. The summed E-state index contributed by atoms with van der Waals surface area (Å²) in [5.74, 6) is 0.622. The van der Waals surface area contributed by atoms with Crippen LogP contribution < -0.4 is 14.2 Å². The van der Waals surface area contributed by atoms with Crippen molar-refractivity contribution in [1.82, 2.24) is 0 Å². The molecule has 5 N–H and O–H groups in total. The molecule has 1 aromatic rings. The molecule has 10 heteroatoms. The molecule has 2 heterocycles. The fourth-order valence-electron chi connectivity index (χ4n) is 3.04. The number of rotatable bonds is 7. The molecule has 10 nitrogen and oxygen atoms in total. The van der Waals surface area contributed by atoms with Crippen molar-refractivity contribution in [2.75, 3.05) is 27.4 Å². The maximum absolute atomic E-state index is 10.2. The number of aliphatic hydroxyl groups excluding tert-OH is 5. The van der Waals surface area contributed by atoms with Gasteiger partial charge in [0, 0.05) is 0 Å². The second-order valence-electron chi connectivity index (χ2n) is 6.35. The minimum absolute atomic E-state index is 0.106. The molecule has 0 unspecified atom stereocenters. The Bertz CT molecular complexity index is 626. The number of hydrogen-bond donors (Lipinski definition) is 5. The van der Waals surface area contributed by atoms with E-state index >= 15 is 0 Å². The zero-order chi connectivity index (χ0) is 19.7. The highest BCUT2D eigenvalue weighted by molar-refractivity contribution is 5.55. The van der Waals surface area contributed by atoms with Crippen molar-refractivity contribution >= 4 is 0 Å². The lowest BCUT2D eigenvalue weighted by atomic mass is 9.99. The molecular formula is C17H24O10. The average Bonchev–Trinajstić information content (AvgIpc) is 3.48. The van der Waals surface area contributed by atoms with Crippen LogP contribution in [0.5, 0.6) is 17.2 Å². The van der Waals surface area contributed by atoms with Crippen LogP contribution in [-0.2, 0) is 9.47 Å². The van der Waals surface area contributed by atoms with E-state index in [9.17, 15) is 20.4 Å². The Morgan fingerprint density at radius 3 is 1.93 bits per heavy atom. The minimum atomic E-state index is -1.57. The van der Waals surface area contributed by atoms with Crippen molar-refractivity contribution in [1.29, 1.82) is 0 Å². The quantitative estimate of drug-likeness (QED) is 0.342. The minimum Gasteiger partial charge on any atom is -0.493 e. The van der Waals surface area contributed by atoms with Gasteiger partial charge in [-0.25, -0.2) is 0 Å². The third-order valence-electron chi connectivity index (χ3n) is 4.66. The molecular weight excluding hydrogens is 364 g/mol. The first-order valence-corrected chi connectivity index (χ1v) is 8.44. The molecule has 0 amide bonds. The molecule has 27 heavy (non-hydrogen) atoms. The molecule has 3 rings (SSSR count). The summed E-state index contributed by atoms with van der Waals surface area (Å²) < 4.78 is 27.1. The number of hydrogen-bond acceptors (Lipinski definition) is 10. The lowest BCUT2D eigenvalue weighted by Gasteiger charge is -2.39. The van der Waals surface area contributed by atoms with E-state index in [0.717, 1.165) is 0 Å². The average molecular weight is 388 g/mol. The lowest BCUT2D eigenvalue weighted by Crippen LogP contribution is -2.60. The smallest absolute Gasteiger partial charge is 0.229 e. The van der Waals surface area contributed by atoms with Gasteiger partial charge in [-0.3, -0.25) is 0 Å². The van der Waals surface area contributed by atoms with Crippen molar-refractivity contribution in [3.8, 4) is 17.2 Å². The first-order valence-electron chi connectivity index (χ1n) is 8.44. The van der Waals surface area contributed by atoms with E-state index < -0.39 is 37.3 Å². The summed E-state index contributed by atoms with van der Waals surface area (Å²) in [5.41, 5.74) is 0.712. The van der Waals surface area contributed by atoms with E-state index in [1.165, 1.54) is 14.2 Å². The monoisotopic (exact) mass is 388 g/mol.